The van der Waals surface area contributed by atoms with Crippen LogP contribution >= 0.6 is 11.6 Å². The largest absolute Gasteiger partial charge is 0.358 e. The average Bonchev–Trinajstić information content (AvgIpc) is 2.43. The lowest BCUT2D eigenvalue weighted by Crippen LogP contribution is -2.44. The molecule has 1 aromatic heterocycles. The molecular formula is C13H19ClN4O. The van der Waals surface area contributed by atoms with Gasteiger partial charge in [-0.2, -0.15) is 0 Å². The molecule has 0 spiro atoms. The smallest absolute Gasteiger partial charge is 0.244 e. The minimum absolute atomic E-state index is 0.119. The third-order valence-corrected chi connectivity index (χ3v) is 3.52. The highest BCUT2D eigenvalue weighted by Crippen LogP contribution is 2.16. The van der Waals surface area contributed by atoms with Crippen LogP contribution in [0.2, 0.25) is 5.28 Å². The standard InChI is InChI=1S/C13H19ClN4O/c1-9-8-15-13(14)17-11(9)16-10(2)12(19)18-6-4-3-5-7-18/h8,10H,3-7H2,1-2H3,(H,15,16,17). The van der Waals surface area contributed by atoms with Gasteiger partial charge in [0.25, 0.3) is 0 Å². The first-order valence-electron chi connectivity index (χ1n) is 6.62. The number of likely N-dealkylation sites (tertiary alicyclic amines) is 1. The number of aryl methyl sites for hydroxylation is 1. The molecule has 0 aliphatic carbocycles. The lowest BCUT2D eigenvalue weighted by Gasteiger charge is -2.29. The fourth-order valence-electron chi connectivity index (χ4n) is 2.22. The Morgan fingerprint density at radius 1 is 1.42 bits per heavy atom. The van der Waals surface area contributed by atoms with Crippen molar-refractivity contribution in [2.45, 2.75) is 39.2 Å². The summed E-state index contributed by atoms with van der Waals surface area (Å²) in [4.78, 5) is 22.2. The van der Waals surface area contributed by atoms with Crippen LogP contribution in [0.25, 0.3) is 0 Å². The average molecular weight is 283 g/mol. The summed E-state index contributed by atoms with van der Waals surface area (Å²) in [5, 5.41) is 3.31. The molecule has 1 fully saturated rings. The Hall–Kier alpha value is -1.36. The molecule has 1 aromatic rings. The molecule has 0 saturated carbocycles. The van der Waals surface area contributed by atoms with Gasteiger partial charge in [-0.3, -0.25) is 4.79 Å². The van der Waals surface area contributed by atoms with E-state index in [4.69, 9.17) is 11.6 Å². The van der Waals surface area contributed by atoms with Crippen molar-refractivity contribution in [1.29, 1.82) is 0 Å². The summed E-state index contributed by atoms with van der Waals surface area (Å²) in [6.07, 6.45) is 5.05. The van der Waals surface area contributed by atoms with E-state index < -0.39 is 0 Å². The number of hydrogen-bond donors (Lipinski definition) is 1. The Bertz CT molecular complexity index is 460. The summed E-state index contributed by atoms with van der Waals surface area (Å²) in [5.74, 6) is 0.742. The SMILES string of the molecule is Cc1cnc(Cl)nc1NC(C)C(=O)N1CCCCC1. The second kappa shape index (κ2) is 6.19. The van der Waals surface area contributed by atoms with Crippen LogP contribution < -0.4 is 5.32 Å². The van der Waals surface area contributed by atoms with E-state index in [0.717, 1.165) is 31.5 Å². The molecule has 1 N–H and O–H groups in total. The van der Waals surface area contributed by atoms with Crippen LogP contribution in [0.15, 0.2) is 6.20 Å². The molecule has 1 amide bonds. The number of carbonyl (C=O) groups is 1. The van der Waals surface area contributed by atoms with E-state index in [1.54, 1.807) is 6.20 Å². The number of anilines is 1. The maximum atomic E-state index is 12.3. The molecule has 2 rings (SSSR count). The number of piperidine rings is 1. The van der Waals surface area contributed by atoms with Crippen LogP contribution in [0.3, 0.4) is 0 Å². The predicted octanol–water partition coefficient (Wildman–Crippen LogP) is 2.25. The minimum atomic E-state index is -0.303. The zero-order chi connectivity index (χ0) is 13.8. The lowest BCUT2D eigenvalue weighted by atomic mass is 10.1. The lowest BCUT2D eigenvalue weighted by molar-refractivity contribution is -0.132. The van der Waals surface area contributed by atoms with Crippen LogP contribution in [0.1, 0.15) is 31.7 Å². The van der Waals surface area contributed by atoms with Gasteiger partial charge in [-0.05, 0) is 44.7 Å². The Morgan fingerprint density at radius 2 is 2.11 bits per heavy atom. The van der Waals surface area contributed by atoms with Crippen molar-refractivity contribution in [3.8, 4) is 0 Å². The zero-order valence-corrected chi connectivity index (χ0v) is 12.1. The molecule has 1 aliphatic rings. The molecule has 6 heteroatoms. The Kier molecular flexibility index (Phi) is 4.58. The molecule has 1 atom stereocenters. The highest BCUT2D eigenvalue weighted by atomic mass is 35.5. The second-order valence-electron chi connectivity index (χ2n) is 4.92. The highest BCUT2D eigenvalue weighted by Gasteiger charge is 2.22. The third kappa shape index (κ3) is 3.56. The van der Waals surface area contributed by atoms with Gasteiger partial charge in [0, 0.05) is 24.8 Å². The molecule has 5 nitrogen and oxygen atoms in total. The van der Waals surface area contributed by atoms with Crippen molar-refractivity contribution in [1.82, 2.24) is 14.9 Å². The number of hydrogen-bond acceptors (Lipinski definition) is 4. The molecule has 19 heavy (non-hydrogen) atoms. The Labute approximate surface area is 118 Å². The van der Waals surface area contributed by atoms with Crippen molar-refractivity contribution in [2.24, 2.45) is 0 Å². The van der Waals surface area contributed by atoms with Gasteiger partial charge < -0.3 is 10.2 Å². The number of nitrogens with zero attached hydrogens (tertiary/aromatic N) is 3. The molecule has 1 saturated heterocycles. The normalized spacial score (nSPS) is 17.1. The molecule has 0 bridgehead atoms. The third-order valence-electron chi connectivity index (χ3n) is 3.33. The van der Waals surface area contributed by atoms with Gasteiger partial charge >= 0.3 is 0 Å². The molecule has 2 heterocycles. The molecule has 1 unspecified atom stereocenters. The molecule has 104 valence electrons. The van der Waals surface area contributed by atoms with E-state index in [1.807, 2.05) is 18.7 Å². The van der Waals surface area contributed by atoms with Gasteiger partial charge in [-0.25, -0.2) is 9.97 Å². The maximum absolute atomic E-state index is 12.3. The van der Waals surface area contributed by atoms with E-state index in [-0.39, 0.29) is 17.2 Å². The van der Waals surface area contributed by atoms with E-state index in [9.17, 15) is 4.79 Å². The van der Waals surface area contributed by atoms with Gasteiger partial charge in [0.2, 0.25) is 11.2 Å². The molecular weight excluding hydrogens is 264 g/mol. The predicted molar refractivity (Wildman–Crippen MR) is 75.3 cm³/mol. The number of amides is 1. The highest BCUT2D eigenvalue weighted by molar-refractivity contribution is 6.28. The monoisotopic (exact) mass is 282 g/mol. The van der Waals surface area contributed by atoms with Crippen molar-refractivity contribution < 1.29 is 4.79 Å². The van der Waals surface area contributed by atoms with Gasteiger partial charge in [0.1, 0.15) is 11.9 Å². The van der Waals surface area contributed by atoms with Crippen molar-refractivity contribution in [3.05, 3.63) is 17.0 Å². The topological polar surface area (TPSA) is 58.1 Å². The first kappa shape index (κ1) is 14.1. The van der Waals surface area contributed by atoms with Gasteiger partial charge in [0.05, 0.1) is 0 Å². The van der Waals surface area contributed by atoms with Crippen LogP contribution in [0.4, 0.5) is 5.82 Å². The van der Waals surface area contributed by atoms with Gasteiger partial charge in [0.15, 0.2) is 0 Å². The number of carbonyl (C=O) groups excluding carboxylic acids is 1. The first-order chi connectivity index (χ1) is 9.08. The number of halogens is 1. The summed E-state index contributed by atoms with van der Waals surface area (Å²) < 4.78 is 0. The summed E-state index contributed by atoms with van der Waals surface area (Å²) in [6, 6.07) is -0.303. The van der Waals surface area contributed by atoms with Crippen LogP contribution in [-0.2, 0) is 4.79 Å². The number of rotatable bonds is 3. The van der Waals surface area contributed by atoms with Crippen molar-refractivity contribution in [2.75, 3.05) is 18.4 Å². The van der Waals surface area contributed by atoms with Crippen LogP contribution in [0, 0.1) is 6.92 Å². The van der Waals surface area contributed by atoms with E-state index in [2.05, 4.69) is 15.3 Å². The van der Waals surface area contributed by atoms with Gasteiger partial charge in [-0.1, -0.05) is 0 Å². The number of nitrogens with one attached hydrogen (secondary N) is 1. The fraction of sp³-hybridized carbons (Fsp3) is 0.615. The van der Waals surface area contributed by atoms with Crippen molar-refractivity contribution in [3.63, 3.8) is 0 Å². The summed E-state index contributed by atoms with van der Waals surface area (Å²) in [7, 11) is 0. The Morgan fingerprint density at radius 3 is 2.79 bits per heavy atom. The van der Waals surface area contributed by atoms with Crippen molar-refractivity contribution >= 4 is 23.3 Å². The first-order valence-corrected chi connectivity index (χ1v) is 7.00. The Balaban J connectivity index is 2.01. The van der Waals surface area contributed by atoms with E-state index >= 15 is 0 Å². The summed E-state index contributed by atoms with van der Waals surface area (Å²) in [5.41, 5.74) is 0.877. The summed E-state index contributed by atoms with van der Waals surface area (Å²) >= 11 is 5.77. The molecule has 1 aliphatic heterocycles. The quantitative estimate of drug-likeness (QED) is 0.864. The maximum Gasteiger partial charge on any atom is 0.244 e. The summed E-state index contributed by atoms with van der Waals surface area (Å²) in [6.45, 7) is 5.45. The van der Waals surface area contributed by atoms with Crippen LogP contribution in [0.5, 0.6) is 0 Å². The van der Waals surface area contributed by atoms with Gasteiger partial charge in [-0.15, -0.1) is 0 Å². The molecule has 0 radical (unpaired) electrons. The minimum Gasteiger partial charge on any atom is -0.358 e. The second-order valence-corrected chi connectivity index (χ2v) is 5.26. The number of aromatic nitrogens is 2. The molecule has 0 aromatic carbocycles. The van der Waals surface area contributed by atoms with E-state index in [1.165, 1.54) is 6.42 Å². The van der Waals surface area contributed by atoms with Crippen LogP contribution in [-0.4, -0.2) is 39.9 Å². The fourth-order valence-corrected chi connectivity index (χ4v) is 2.35. The zero-order valence-electron chi connectivity index (χ0n) is 11.3. The van der Waals surface area contributed by atoms with E-state index in [0.29, 0.717) is 5.82 Å².